The van der Waals surface area contributed by atoms with E-state index in [4.69, 9.17) is 21.1 Å². The molecular formula is C14H18BrClN4O3. The number of amides is 1. The van der Waals surface area contributed by atoms with Gasteiger partial charge in [-0.2, -0.15) is 4.98 Å². The minimum atomic E-state index is -0.436. The molecular weight excluding hydrogens is 388 g/mol. The summed E-state index contributed by atoms with van der Waals surface area (Å²) in [6.07, 6.45) is 3.26. The van der Waals surface area contributed by atoms with Gasteiger partial charge in [0.15, 0.2) is 0 Å². The van der Waals surface area contributed by atoms with E-state index in [0.29, 0.717) is 43.3 Å². The van der Waals surface area contributed by atoms with Crippen LogP contribution >= 0.6 is 27.5 Å². The number of rotatable bonds is 3. The number of aromatic nitrogens is 2. The Morgan fingerprint density at radius 1 is 1.35 bits per heavy atom. The van der Waals surface area contributed by atoms with Gasteiger partial charge in [-0.3, -0.25) is 4.79 Å². The predicted molar refractivity (Wildman–Crippen MR) is 88.7 cm³/mol. The highest BCUT2D eigenvalue weighted by atomic mass is 79.9. The van der Waals surface area contributed by atoms with Crippen LogP contribution in [0.25, 0.3) is 0 Å². The van der Waals surface area contributed by atoms with E-state index in [1.54, 1.807) is 6.20 Å². The van der Waals surface area contributed by atoms with Gasteiger partial charge in [-0.1, -0.05) is 0 Å². The van der Waals surface area contributed by atoms with E-state index in [9.17, 15) is 4.79 Å². The van der Waals surface area contributed by atoms with Crippen LogP contribution in [0.4, 0.5) is 5.82 Å². The van der Waals surface area contributed by atoms with Crippen molar-refractivity contribution in [1.82, 2.24) is 15.3 Å². The van der Waals surface area contributed by atoms with E-state index in [1.165, 1.54) is 0 Å². The average Bonchev–Trinajstić information content (AvgIpc) is 2.58. The highest BCUT2D eigenvalue weighted by molar-refractivity contribution is 9.10. The van der Waals surface area contributed by atoms with Gasteiger partial charge in [-0.15, -0.1) is 0 Å². The van der Waals surface area contributed by atoms with Gasteiger partial charge in [0.25, 0.3) is 0 Å². The van der Waals surface area contributed by atoms with Gasteiger partial charge in [-0.25, -0.2) is 4.98 Å². The van der Waals surface area contributed by atoms with E-state index in [2.05, 4.69) is 31.2 Å². The van der Waals surface area contributed by atoms with Crippen LogP contribution in [0.2, 0.25) is 5.28 Å². The fourth-order valence-corrected chi connectivity index (χ4v) is 3.30. The van der Waals surface area contributed by atoms with Crippen LogP contribution in [0.3, 0.4) is 0 Å². The second kappa shape index (κ2) is 7.74. The first-order valence-electron chi connectivity index (χ1n) is 7.55. The monoisotopic (exact) mass is 404 g/mol. The van der Waals surface area contributed by atoms with Crippen LogP contribution in [-0.4, -0.2) is 60.9 Å². The lowest BCUT2D eigenvalue weighted by atomic mass is 10.1. The number of hydrogen-bond donors (Lipinski definition) is 1. The molecule has 23 heavy (non-hydrogen) atoms. The van der Waals surface area contributed by atoms with E-state index < -0.39 is 6.04 Å². The number of hydrogen-bond acceptors (Lipinski definition) is 6. The molecule has 3 rings (SSSR count). The summed E-state index contributed by atoms with van der Waals surface area (Å²) in [5.41, 5.74) is 0. The van der Waals surface area contributed by atoms with Crippen molar-refractivity contribution in [2.45, 2.75) is 24.9 Å². The second-order valence-corrected chi connectivity index (χ2v) is 6.68. The molecule has 0 aliphatic carbocycles. The molecule has 2 aliphatic heterocycles. The van der Waals surface area contributed by atoms with Crippen LogP contribution in [0.5, 0.6) is 0 Å². The van der Waals surface area contributed by atoms with E-state index in [0.717, 1.165) is 12.8 Å². The predicted octanol–water partition coefficient (Wildman–Crippen LogP) is 1.39. The summed E-state index contributed by atoms with van der Waals surface area (Å²) in [5.74, 6) is 0.554. The second-order valence-electron chi connectivity index (χ2n) is 5.49. The van der Waals surface area contributed by atoms with E-state index in [-0.39, 0.29) is 17.2 Å². The zero-order valence-corrected chi connectivity index (χ0v) is 14.8. The molecule has 1 aromatic rings. The Kier molecular flexibility index (Phi) is 5.68. The molecule has 1 unspecified atom stereocenters. The molecule has 7 nitrogen and oxygen atoms in total. The fourth-order valence-electron chi connectivity index (χ4n) is 2.75. The van der Waals surface area contributed by atoms with Gasteiger partial charge in [-0.05, 0) is 40.4 Å². The molecule has 1 aromatic heterocycles. The standard InChI is InChI=1S/C14H18BrClN4O3/c15-10-7-17-14(16)19-12(10)20-3-6-23-8-11(20)13(21)18-9-1-4-22-5-2-9/h7,9,11H,1-6,8H2,(H,18,21). The zero-order chi connectivity index (χ0) is 16.2. The Morgan fingerprint density at radius 2 is 2.13 bits per heavy atom. The van der Waals surface area contributed by atoms with Crippen molar-refractivity contribution in [3.8, 4) is 0 Å². The Morgan fingerprint density at radius 3 is 2.91 bits per heavy atom. The topological polar surface area (TPSA) is 76.6 Å². The van der Waals surface area contributed by atoms with Crippen LogP contribution in [-0.2, 0) is 14.3 Å². The maximum atomic E-state index is 12.7. The van der Waals surface area contributed by atoms with E-state index >= 15 is 0 Å². The minimum Gasteiger partial charge on any atom is -0.381 e. The van der Waals surface area contributed by atoms with Crippen LogP contribution in [0.15, 0.2) is 10.7 Å². The maximum absolute atomic E-state index is 12.7. The maximum Gasteiger partial charge on any atom is 0.245 e. The number of halogens is 2. The van der Waals surface area contributed by atoms with Crippen LogP contribution in [0.1, 0.15) is 12.8 Å². The van der Waals surface area contributed by atoms with Crippen molar-refractivity contribution in [3.05, 3.63) is 16.0 Å². The van der Waals surface area contributed by atoms with Crippen molar-refractivity contribution < 1.29 is 14.3 Å². The minimum absolute atomic E-state index is 0.0572. The first-order valence-corrected chi connectivity index (χ1v) is 8.73. The van der Waals surface area contributed by atoms with Crippen molar-refractivity contribution in [1.29, 1.82) is 0 Å². The normalized spacial score (nSPS) is 22.9. The summed E-state index contributed by atoms with van der Waals surface area (Å²) in [7, 11) is 0. The third kappa shape index (κ3) is 4.12. The summed E-state index contributed by atoms with van der Waals surface area (Å²) < 4.78 is 11.5. The summed E-state index contributed by atoms with van der Waals surface area (Å²) >= 11 is 9.33. The molecule has 1 N–H and O–H groups in total. The Balaban J connectivity index is 1.75. The fraction of sp³-hybridized carbons (Fsp3) is 0.643. The van der Waals surface area contributed by atoms with Crippen LogP contribution < -0.4 is 10.2 Å². The van der Waals surface area contributed by atoms with Crippen molar-refractivity contribution in [2.24, 2.45) is 0 Å². The number of ether oxygens (including phenoxy) is 2. The smallest absolute Gasteiger partial charge is 0.245 e. The summed E-state index contributed by atoms with van der Waals surface area (Å²) in [6, 6.07) is -0.286. The van der Waals surface area contributed by atoms with Crippen molar-refractivity contribution >= 4 is 39.3 Å². The molecule has 0 saturated carbocycles. The molecule has 126 valence electrons. The van der Waals surface area contributed by atoms with Gasteiger partial charge >= 0.3 is 0 Å². The van der Waals surface area contributed by atoms with Crippen LogP contribution in [0, 0.1) is 0 Å². The summed E-state index contributed by atoms with van der Waals surface area (Å²) in [5, 5.41) is 3.24. The highest BCUT2D eigenvalue weighted by Crippen LogP contribution is 2.27. The molecule has 0 spiro atoms. The number of nitrogens with one attached hydrogen (secondary N) is 1. The molecule has 0 aromatic carbocycles. The summed E-state index contributed by atoms with van der Waals surface area (Å²) in [4.78, 5) is 22.8. The van der Waals surface area contributed by atoms with Crippen molar-refractivity contribution in [3.63, 3.8) is 0 Å². The van der Waals surface area contributed by atoms with E-state index in [1.807, 2.05) is 4.90 Å². The first-order chi connectivity index (χ1) is 11.1. The average molecular weight is 406 g/mol. The number of carbonyl (C=O) groups is 1. The SMILES string of the molecule is O=C(NC1CCOCC1)C1COCCN1c1nc(Cl)ncc1Br. The molecule has 1 atom stereocenters. The molecule has 2 aliphatic rings. The zero-order valence-electron chi connectivity index (χ0n) is 12.5. The molecule has 9 heteroatoms. The van der Waals surface area contributed by atoms with Gasteiger partial charge in [0, 0.05) is 32.0 Å². The largest absolute Gasteiger partial charge is 0.381 e. The molecule has 2 saturated heterocycles. The number of nitrogens with zero attached hydrogens (tertiary/aromatic N) is 3. The molecule has 0 radical (unpaired) electrons. The highest BCUT2D eigenvalue weighted by Gasteiger charge is 2.33. The molecule has 0 bridgehead atoms. The Hall–Kier alpha value is -0.960. The summed E-state index contributed by atoms with van der Waals surface area (Å²) in [6.45, 7) is 2.79. The molecule has 1 amide bonds. The lowest BCUT2D eigenvalue weighted by Gasteiger charge is -2.37. The van der Waals surface area contributed by atoms with Gasteiger partial charge in [0.1, 0.15) is 11.9 Å². The Bertz CT molecular complexity index is 571. The van der Waals surface area contributed by atoms with Gasteiger partial charge in [0.05, 0.1) is 17.7 Å². The molecule has 3 heterocycles. The van der Waals surface area contributed by atoms with Gasteiger partial charge in [0.2, 0.25) is 11.2 Å². The van der Waals surface area contributed by atoms with Crippen molar-refractivity contribution in [2.75, 3.05) is 37.9 Å². The third-order valence-electron chi connectivity index (χ3n) is 3.97. The number of morpholine rings is 1. The molecule has 2 fully saturated rings. The lowest BCUT2D eigenvalue weighted by molar-refractivity contribution is -0.126. The Labute approximate surface area is 147 Å². The van der Waals surface area contributed by atoms with Gasteiger partial charge < -0.3 is 19.7 Å². The quantitative estimate of drug-likeness (QED) is 0.766. The number of anilines is 1. The lowest BCUT2D eigenvalue weighted by Crippen LogP contribution is -2.56. The third-order valence-corrected chi connectivity index (χ3v) is 4.71. The first kappa shape index (κ1) is 16.9. The number of carbonyl (C=O) groups excluding carboxylic acids is 1.